The van der Waals surface area contributed by atoms with Crippen molar-refractivity contribution in [2.45, 2.75) is 24.5 Å². The number of benzene rings is 3. The molecule has 3 aromatic carbocycles. The van der Waals surface area contributed by atoms with Gasteiger partial charge in [-0.15, -0.1) is 0 Å². The van der Waals surface area contributed by atoms with Gasteiger partial charge in [-0.3, -0.25) is 13.9 Å². The molecule has 0 aliphatic carbocycles. The number of hydrogen-bond donors (Lipinski definition) is 0. The summed E-state index contributed by atoms with van der Waals surface area (Å²) in [6.45, 7) is -0.501. The normalized spacial score (nSPS) is 19.4. The van der Waals surface area contributed by atoms with Crippen molar-refractivity contribution in [3.63, 3.8) is 0 Å². The van der Waals surface area contributed by atoms with Crippen LogP contribution < -0.4 is 11.2 Å². The third kappa shape index (κ3) is 6.28. The molecule has 4 aromatic rings. The van der Waals surface area contributed by atoms with Crippen LogP contribution in [0.25, 0.3) is 0 Å². The van der Waals surface area contributed by atoms with Crippen LogP contribution >= 0.6 is 0 Å². The molecule has 1 fully saturated rings. The molecule has 2 heterocycles. The highest BCUT2D eigenvalue weighted by molar-refractivity contribution is 5.91. The number of esters is 3. The molecule has 0 spiro atoms. The summed E-state index contributed by atoms with van der Waals surface area (Å²) in [5, 5.41) is 0. The lowest BCUT2D eigenvalue weighted by Crippen LogP contribution is -2.45. The van der Waals surface area contributed by atoms with Gasteiger partial charge >= 0.3 is 23.6 Å². The lowest BCUT2D eigenvalue weighted by atomic mass is 10.1. The lowest BCUT2D eigenvalue weighted by Gasteiger charge is -2.25. The van der Waals surface area contributed by atoms with Gasteiger partial charge in [0.2, 0.25) is 5.82 Å². The highest BCUT2D eigenvalue weighted by Crippen LogP contribution is 2.34. The first-order valence-electron chi connectivity index (χ1n) is 13.1. The first-order chi connectivity index (χ1) is 20.7. The van der Waals surface area contributed by atoms with E-state index in [0.29, 0.717) is 10.8 Å². The minimum atomic E-state index is -1.59. The smallest absolute Gasteiger partial charge is 0.338 e. The summed E-state index contributed by atoms with van der Waals surface area (Å²) >= 11 is 0. The number of ether oxygens (including phenoxy) is 4. The topological polar surface area (TPSA) is 132 Å². The van der Waals surface area contributed by atoms with E-state index < -0.39 is 66.1 Å². The minimum absolute atomic E-state index is 0.132. The fourth-order valence-corrected chi connectivity index (χ4v) is 4.52. The summed E-state index contributed by atoms with van der Waals surface area (Å²) in [5.74, 6) is -3.69. The van der Waals surface area contributed by atoms with Gasteiger partial charge in [-0.05, 0) is 36.4 Å². The van der Waals surface area contributed by atoms with E-state index in [0.717, 1.165) is 11.6 Å². The van der Waals surface area contributed by atoms with Crippen molar-refractivity contribution >= 4 is 17.9 Å². The number of carbonyl (C=O) groups is 3. The van der Waals surface area contributed by atoms with Gasteiger partial charge in [0.1, 0.15) is 12.7 Å². The van der Waals surface area contributed by atoms with Crippen LogP contribution in [0.15, 0.2) is 107 Å². The van der Waals surface area contributed by atoms with Crippen molar-refractivity contribution in [1.29, 1.82) is 0 Å². The molecule has 0 saturated carbocycles. The van der Waals surface area contributed by atoms with Crippen LogP contribution in [0, 0.1) is 5.82 Å². The number of rotatable bonds is 8. The molecule has 0 amide bonds. The zero-order valence-electron chi connectivity index (χ0n) is 22.7. The maximum atomic E-state index is 14.6. The highest BCUT2D eigenvalue weighted by Gasteiger charge is 2.52. The average Bonchev–Trinajstić information content (AvgIpc) is 3.37. The molecule has 4 atom stereocenters. The van der Waals surface area contributed by atoms with Gasteiger partial charge in [-0.1, -0.05) is 54.6 Å². The van der Waals surface area contributed by atoms with E-state index in [9.17, 15) is 28.4 Å². The summed E-state index contributed by atoms with van der Waals surface area (Å²) in [6, 6.07) is 23.8. The van der Waals surface area contributed by atoms with Gasteiger partial charge in [0.15, 0.2) is 18.4 Å². The lowest BCUT2D eigenvalue weighted by molar-refractivity contribution is -0.0647. The van der Waals surface area contributed by atoms with Gasteiger partial charge in [-0.25, -0.2) is 19.2 Å². The Morgan fingerprint density at radius 1 is 0.744 bits per heavy atom. The summed E-state index contributed by atoms with van der Waals surface area (Å²) in [6.07, 6.45) is -5.24. The predicted molar refractivity (Wildman–Crippen MR) is 148 cm³/mol. The van der Waals surface area contributed by atoms with Gasteiger partial charge < -0.3 is 18.9 Å². The minimum Gasteiger partial charge on any atom is -0.459 e. The van der Waals surface area contributed by atoms with Crippen LogP contribution in [0.3, 0.4) is 0 Å². The first-order valence-corrected chi connectivity index (χ1v) is 13.1. The number of hydrogen-bond acceptors (Lipinski definition) is 9. The molecule has 1 saturated heterocycles. The molecule has 1 aliphatic rings. The second kappa shape index (κ2) is 12.7. The molecule has 5 rings (SSSR count). The third-order valence-electron chi connectivity index (χ3n) is 6.72. The van der Waals surface area contributed by atoms with E-state index in [1.54, 1.807) is 54.6 Å². The van der Waals surface area contributed by atoms with Gasteiger partial charge in [-0.2, -0.15) is 4.39 Å². The van der Waals surface area contributed by atoms with Crippen molar-refractivity contribution in [3.05, 3.63) is 141 Å². The van der Waals surface area contributed by atoms with Crippen molar-refractivity contribution in [3.8, 4) is 0 Å². The second-order valence-electron chi connectivity index (χ2n) is 9.53. The summed E-state index contributed by atoms with van der Waals surface area (Å²) in [5.41, 5.74) is -1.65. The molecule has 11 nitrogen and oxygen atoms in total. The third-order valence-corrected chi connectivity index (χ3v) is 6.72. The highest BCUT2D eigenvalue weighted by atomic mass is 19.1. The molecule has 0 radical (unpaired) electrons. The quantitative estimate of drug-likeness (QED) is 0.225. The van der Waals surface area contributed by atoms with E-state index in [1.807, 2.05) is 0 Å². The second-order valence-corrected chi connectivity index (χ2v) is 9.53. The molecular formula is C31H25FN2O9. The van der Waals surface area contributed by atoms with E-state index in [2.05, 4.69) is 0 Å². The average molecular weight is 589 g/mol. The molecule has 1 aromatic heterocycles. The molecule has 12 heteroatoms. The standard InChI is InChI=1S/C31H25FN2O9/c1-33-26(35)22(32)17-34(31(33)39)27-25(43-30(38)21-15-9-4-10-16-21)24(42-29(37)20-13-7-3-8-14-20)23(41-27)18-40-28(36)19-11-5-2-6-12-19/h2-17,23-25,27H,18H2,1H3/t23-,24-,25-,27-/m1/s1. The Morgan fingerprint density at radius 3 is 1.72 bits per heavy atom. The Hall–Kier alpha value is -5.36. The van der Waals surface area contributed by atoms with Crippen LogP contribution in [0.2, 0.25) is 0 Å². The SMILES string of the molecule is Cn1c(=O)c(F)cn([C@@H]2O[C@H](COC(=O)c3ccccc3)[C@@H](OC(=O)c3ccccc3)[C@H]2OC(=O)c2ccccc2)c1=O. The van der Waals surface area contributed by atoms with Crippen LogP contribution in [-0.4, -0.2) is 52.0 Å². The largest absolute Gasteiger partial charge is 0.459 e. The Kier molecular flexibility index (Phi) is 8.58. The van der Waals surface area contributed by atoms with Crippen LogP contribution in [0.1, 0.15) is 37.3 Å². The fourth-order valence-electron chi connectivity index (χ4n) is 4.52. The Morgan fingerprint density at radius 2 is 1.21 bits per heavy atom. The summed E-state index contributed by atoms with van der Waals surface area (Å²) in [4.78, 5) is 64.2. The Balaban J connectivity index is 1.54. The van der Waals surface area contributed by atoms with Crippen LogP contribution in [-0.2, 0) is 26.0 Å². The maximum Gasteiger partial charge on any atom is 0.338 e. The number of aromatic nitrogens is 2. The molecule has 0 bridgehead atoms. The van der Waals surface area contributed by atoms with E-state index in [-0.39, 0.29) is 16.7 Å². The number of nitrogens with zero attached hydrogens (tertiary/aromatic N) is 2. The zero-order valence-corrected chi connectivity index (χ0v) is 22.7. The van der Waals surface area contributed by atoms with Crippen molar-refractivity contribution < 1.29 is 37.7 Å². The molecule has 1 aliphatic heterocycles. The molecular weight excluding hydrogens is 563 g/mol. The molecule has 43 heavy (non-hydrogen) atoms. The monoisotopic (exact) mass is 588 g/mol. The Labute approximate surface area is 243 Å². The predicted octanol–water partition coefficient (Wildman–Crippen LogP) is 2.89. The van der Waals surface area contributed by atoms with E-state index >= 15 is 0 Å². The fraction of sp³-hybridized carbons (Fsp3) is 0.194. The maximum absolute atomic E-state index is 14.6. The Bertz CT molecular complexity index is 1740. The number of halogens is 1. The van der Waals surface area contributed by atoms with Crippen molar-refractivity contribution in [2.24, 2.45) is 7.05 Å². The summed E-state index contributed by atoms with van der Waals surface area (Å²) < 4.78 is 38.8. The van der Waals surface area contributed by atoms with Crippen molar-refractivity contribution in [1.82, 2.24) is 9.13 Å². The summed E-state index contributed by atoms with van der Waals surface area (Å²) in [7, 11) is 1.07. The molecule has 0 unspecified atom stereocenters. The van der Waals surface area contributed by atoms with E-state index in [4.69, 9.17) is 18.9 Å². The number of carbonyl (C=O) groups excluding carboxylic acids is 3. The van der Waals surface area contributed by atoms with Gasteiger partial charge in [0, 0.05) is 7.05 Å². The van der Waals surface area contributed by atoms with Gasteiger partial charge in [0.25, 0.3) is 5.56 Å². The van der Waals surface area contributed by atoms with Gasteiger partial charge in [0.05, 0.1) is 22.9 Å². The first kappa shape index (κ1) is 29.1. The van der Waals surface area contributed by atoms with Crippen molar-refractivity contribution in [2.75, 3.05) is 6.61 Å². The zero-order chi connectivity index (χ0) is 30.5. The molecule has 220 valence electrons. The van der Waals surface area contributed by atoms with Crippen LogP contribution in [0.4, 0.5) is 4.39 Å². The van der Waals surface area contributed by atoms with E-state index in [1.165, 1.54) is 36.4 Å². The molecule has 0 N–H and O–H groups in total. The van der Waals surface area contributed by atoms with Crippen LogP contribution in [0.5, 0.6) is 0 Å².